The maximum atomic E-state index is 9.24. The van der Waals surface area contributed by atoms with E-state index >= 15 is 0 Å². The highest BCUT2D eigenvalue weighted by Crippen LogP contribution is 2.55. The molecule has 1 nitrogen and oxygen atoms in total. The standard InChI is InChI=1S/C17H16BrN/c1-10-11(9-19)4-6-14-13-7-5-12(18)8-15(13)17(2,3)16(10)14/h4-8,13,15H,1-3H3. The molecule has 0 radical (unpaired) electrons. The number of hydrogen-bond acceptors (Lipinski definition) is 1. The molecule has 0 N–H and O–H groups in total. The first-order valence-corrected chi connectivity index (χ1v) is 7.35. The molecule has 2 aliphatic rings. The van der Waals surface area contributed by atoms with E-state index in [1.54, 1.807) is 0 Å². The number of nitriles is 1. The summed E-state index contributed by atoms with van der Waals surface area (Å²) in [6.45, 7) is 6.67. The van der Waals surface area contributed by atoms with E-state index in [1.165, 1.54) is 11.1 Å². The van der Waals surface area contributed by atoms with Crippen LogP contribution >= 0.6 is 15.9 Å². The van der Waals surface area contributed by atoms with Gasteiger partial charge in [0.15, 0.2) is 0 Å². The number of fused-ring (bicyclic) bond motifs is 3. The summed E-state index contributed by atoms with van der Waals surface area (Å²) in [5.41, 5.74) is 4.78. The zero-order chi connectivity index (χ0) is 13.8. The average Bonchev–Trinajstić information content (AvgIpc) is 2.59. The maximum absolute atomic E-state index is 9.24. The molecule has 0 heterocycles. The second-order valence-electron chi connectivity index (χ2n) is 6.00. The van der Waals surface area contributed by atoms with Crippen molar-refractivity contribution in [3.8, 4) is 6.07 Å². The lowest BCUT2D eigenvalue weighted by Gasteiger charge is -2.30. The van der Waals surface area contributed by atoms with Crippen molar-refractivity contribution in [1.29, 1.82) is 5.26 Å². The van der Waals surface area contributed by atoms with Gasteiger partial charge in [-0.2, -0.15) is 5.26 Å². The van der Waals surface area contributed by atoms with Crippen molar-refractivity contribution < 1.29 is 0 Å². The van der Waals surface area contributed by atoms with Crippen molar-refractivity contribution in [2.75, 3.05) is 0 Å². The van der Waals surface area contributed by atoms with E-state index in [9.17, 15) is 5.26 Å². The number of benzene rings is 1. The zero-order valence-electron chi connectivity index (χ0n) is 11.4. The van der Waals surface area contributed by atoms with Crippen molar-refractivity contribution in [2.45, 2.75) is 32.1 Å². The largest absolute Gasteiger partial charge is 0.192 e. The number of rotatable bonds is 0. The predicted octanol–water partition coefficient (Wildman–Crippen LogP) is 4.71. The van der Waals surface area contributed by atoms with Gasteiger partial charge in [0.1, 0.15) is 0 Å². The molecule has 2 aliphatic carbocycles. The lowest BCUT2D eigenvalue weighted by Crippen LogP contribution is -2.25. The van der Waals surface area contributed by atoms with Crippen LogP contribution in [0, 0.1) is 24.2 Å². The lowest BCUT2D eigenvalue weighted by atomic mass is 9.73. The highest BCUT2D eigenvalue weighted by molar-refractivity contribution is 9.11. The number of halogens is 1. The van der Waals surface area contributed by atoms with Gasteiger partial charge in [-0.15, -0.1) is 0 Å². The summed E-state index contributed by atoms with van der Waals surface area (Å²) in [4.78, 5) is 0. The van der Waals surface area contributed by atoms with Crippen LogP contribution in [0.3, 0.4) is 0 Å². The average molecular weight is 314 g/mol. The third-order valence-electron chi connectivity index (χ3n) is 4.64. The molecule has 0 aliphatic heterocycles. The molecule has 2 heteroatoms. The fraction of sp³-hybridized carbons (Fsp3) is 0.353. The highest BCUT2D eigenvalue weighted by Gasteiger charge is 2.46. The van der Waals surface area contributed by atoms with Crippen LogP contribution in [0.4, 0.5) is 0 Å². The van der Waals surface area contributed by atoms with E-state index in [2.05, 4.69) is 67.1 Å². The van der Waals surface area contributed by atoms with Gasteiger partial charge in [0, 0.05) is 10.4 Å². The minimum Gasteiger partial charge on any atom is -0.192 e. The van der Waals surface area contributed by atoms with Crippen LogP contribution in [-0.2, 0) is 5.41 Å². The molecule has 2 atom stereocenters. The minimum absolute atomic E-state index is 0.0702. The van der Waals surface area contributed by atoms with Crippen molar-refractivity contribution in [2.24, 2.45) is 5.92 Å². The Kier molecular flexibility index (Phi) is 2.73. The zero-order valence-corrected chi connectivity index (χ0v) is 13.0. The number of hydrogen-bond donors (Lipinski definition) is 0. The van der Waals surface area contributed by atoms with Gasteiger partial charge in [-0.25, -0.2) is 0 Å². The first-order valence-electron chi connectivity index (χ1n) is 6.56. The van der Waals surface area contributed by atoms with Gasteiger partial charge in [-0.3, -0.25) is 0 Å². The number of nitrogens with zero attached hydrogens (tertiary/aromatic N) is 1. The minimum atomic E-state index is 0.0702. The third-order valence-corrected chi connectivity index (χ3v) is 5.17. The molecule has 0 aromatic heterocycles. The molecule has 1 aromatic rings. The van der Waals surface area contributed by atoms with E-state index in [4.69, 9.17) is 0 Å². The smallest absolute Gasteiger partial charge is 0.0994 e. The first-order chi connectivity index (χ1) is 8.96. The van der Waals surface area contributed by atoms with Crippen molar-refractivity contribution in [1.82, 2.24) is 0 Å². The SMILES string of the molecule is Cc1c(C#N)ccc2c1C(C)(C)C1C=C(Br)C=CC21. The van der Waals surface area contributed by atoms with Crippen LogP contribution < -0.4 is 0 Å². The summed E-state index contributed by atoms with van der Waals surface area (Å²) in [5.74, 6) is 0.910. The quantitative estimate of drug-likeness (QED) is 0.680. The van der Waals surface area contributed by atoms with Crippen molar-refractivity contribution in [3.63, 3.8) is 0 Å². The Bertz CT molecular complexity index is 659. The van der Waals surface area contributed by atoms with Crippen LogP contribution in [0.5, 0.6) is 0 Å². The summed E-state index contributed by atoms with van der Waals surface area (Å²) >= 11 is 3.59. The molecule has 0 bridgehead atoms. The number of allylic oxidation sites excluding steroid dienone is 4. The lowest BCUT2D eigenvalue weighted by molar-refractivity contribution is 0.393. The predicted molar refractivity (Wildman–Crippen MR) is 81.3 cm³/mol. The Labute approximate surface area is 122 Å². The Balaban J connectivity index is 2.28. The van der Waals surface area contributed by atoms with Gasteiger partial charge in [0.25, 0.3) is 0 Å². The normalized spacial score (nSPS) is 26.4. The van der Waals surface area contributed by atoms with Gasteiger partial charge in [0.05, 0.1) is 11.6 Å². The fourth-order valence-corrected chi connectivity index (χ4v) is 4.19. The molecule has 0 fully saturated rings. The van der Waals surface area contributed by atoms with Gasteiger partial charge in [-0.1, -0.05) is 54.1 Å². The van der Waals surface area contributed by atoms with E-state index < -0.39 is 0 Å². The monoisotopic (exact) mass is 313 g/mol. The summed E-state index contributed by atoms with van der Waals surface area (Å²) in [7, 11) is 0. The van der Waals surface area contributed by atoms with Crippen LogP contribution in [0.1, 0.15) is 42.0 Å². The highest BCUT2D eigenvalue weighted by atomic mass is 79.9. The maximum Gasteiger partial charge on any atom is 0.0994 e. The van der Waals surface area contributed by atoms with Crippen LogP contribution in [0.2, 0.25) is 0 Å². The molecule has 2 unspecified atom stereocenters. The van der Waals surface area contributed by atoms with Crippen molar-refractivity contribution in [3.05, 3.63) is 57.1 Å². The second-order valence-corrected chi connectivity index (χ2v) is 6.91. The Hall–Kier alpha value is -1.33. The second kappa shape index (κ2) is 4.08. The van der Waals surface area contributed by atoms with Gasteiger partial charge in [-0.05, 0) is 41.0 Å². The van der Waals surface area contributed by atoms with E-state index in [0.717, 1.165) is 15.6 Å². The molecule has 19 heavy (non-hydrogen) atoms. The Morgan fingerprint density at radius 3 is 2.74 bits per heavy atom. The van der Waals surface area contributed by atoms with Gasteiger partial charge in [0.2, 0.25) is 0 Å². The molecule has 0 saturated carbocycles. The van der Waals surface area contributed by atoms with Crippen LogP contribution in [0.15, 0.2) is 34.8 Å². The third kappa shape index (κ3) is 1.65. The van der Waals surface area contributed by atoms with Crippen LogP contribution in [0.25, 0.3) is 0 Å². The van der Waals surface area contributed by atoms with Crippen LogP contribution in [-0.4, -0.2) is 0 Å². The van der Waals surface area contributed by atoms with E-state index in [1.807, 2.05) is 6.07 Å². The molecule has 0 saturated heterocycles. The first kappa shape index (κ1) is 12.7. The molecular formula is C17H16BrN. The fourth-order valence-electron chi connectivity index (χ4n) is 3.75. The van der Waals surface area contributed by atoms with Crippen molar-refractivity contribution >= 4 is 15.9 Å². The summed E-state index contributed by atoms with van der Waals surface area (Å²) in [6.07, 6.45) is 6.74. The Morgan fingerprint density at radius 1 is 1.32 bits per heavy atom. The summed E-state index contributed by atoms with van der Waals surface area (Å²) in [6, 6.07) is 6.42. The molecule has 1 aromatic carbocycles. The molecular weight excluding hydrogens is 298 g/mol. The van der Waals surface area contributed by atoms with E-state index in [0.29, 0.717) is 11.8 Å². The summed E-state index contributed by atoms with van der Waals surface area (Å²) < 4.78 is 1.16. The molecule has 3 rings (SSSR count). The molecule has 0 spiro atoms. The molecule has 96 valence electrons. The summed E-state index contributed by atoms with van der Waals surface area (Å²) in [5, 5.41) is 9.24. The topological polar surface area (TPSA) is 23.8 Å². The van der Waals surface area contributed by atoms with Gasteiger partial charge >= 0.3 is 0 Å². The van der Waals surface area contributed by atoms with Gasteiger partial charge < -0.3 is 0 Å². The molecule has 0 amide bonds. The Morgan fingerprint density at radius 2 is 2.05 bits per heavy atom. The van der Waals surface area contributed by atoms with E-state index in [-0.39, 0.29) is 5.41 Å².